The van der Waals surface area contributed by atoms with Gasteiger partial charge in [0, 0.05) is 13.6 Å². The highest BCUT2D eigenvalue weighted by atomic mass is 16.5. The Balaban J connectivity index is 1.49. The summed E-state index contributed by atoms with van der Waals surface area (Å²) in [4.78, 5) is 35.6. The van der Waals surface area contributed by atoms with Crippen LogP contribution in [0, 0.1) is 0 Å². The van der Waals surface area contributed by atoms with E-state index in [-0.39, 0.29) is 17.8 Å². The van der Waals surface area contributed by atoms with E-state index in [1.165, 1.54) is 0 Å². The van der Waals surface area contributed by atoms with Gasteiger partial charge in [0.1, 0.15) is 0 Å². The summed E-state index contributed by atoms with van der Waals surface area (Å²) in [5, 5.41) is 6.51. The second-order valence-electron chi connectivity index (χ2n) is 9.14. The lowest BCUT2D eigenvalue weighted by Crippen LogP contribution is -2.46. The molecule has 2 aliphatic rings. The first kappa shape index (κ1) is 22.9. The van der Waals surface area contributed by atoms with Crippen LogP contribution in [0.4, 0.5) is 0 Å². The number of para-hydroxylation sites is 1. The molecule has 8 nitrogen and oxygen atoms in total. The summed E-state index contributed by atoms with van der Waals surface area (Å²) >= 11 is 0. The zero-order chi connectivity index (χ0) is 22.7. The van der Waals surface area contributed by atoms with E-state index in [2.05, 4.69) is 23.6 Å². The zero-order valence-corrected chi connectivity index (χ0v) is 19.0. The first-order valence-electron chi connectivity index (χ1n) is 11.8. The average Bonchev–Trinajstić information content (AvgIpc) is 3.08. The number of rotatable bonds is 8. The van der Waals surface area contributed by atoms with Gasteiger partial charge in [0.15, 0.2) is 6.29 Å². The molecule has 2 N–H and O–H groups in total. The number of carbonyl (C=O) groups is 2. The van der Waals surface area contributed by atoms with Crippen molar-refractivity contribution < 1.29 is 14.3 Å². The fourth-order valence-electron chi connectivity index (χ4n) is 5.15. The Kier molecular flexibility index (Phi) is 7.23. The molecule has 1 aromatic heterocycles. The third kappa shape index (κ3) is 4.72. The molecule has 3 atom stereocenters. The lowest BCUT2D eigenvalue weighted by Gasteiger charge is -2.28. The molecule has 32 heavy (non-hydrogen) atoms. The fraction of sp³-hybridized carbons (Fsp3) is 0.625. The van der Waals surface area contributed by atoms with E-state index in [9.17, 15) is 14.4 Å². The van der Waals surface area contributed by atoms with E-state index in [0.29, 0.717) is 31.8 Å². The van der Waals surface area contributed by atoms with Crippen molar-refractivity contribution in [2.45, 2.75) is 69.7 Å². The number of nitrogens with zero attached hydrogens (tertiary/aromatic N) is 2. The molecule has 2 aromatic rings. The van der Waals surface area contributed by atoms with Gasteiger partial charge in [0.2, 0.25) is 5.78 Å². The first-order chi connectivity index (χ1) is 15.5. The molecule has 0 amide bonds. The summed E-state index contributed by atoms with van der Waals surface area (Å²) in [6.07, 6.45) is 5.99. The number of benzene rings is 1. The molecule has 174 valence electrons. The summed E-state index contributed by atoms with van der Waals surface area (Å²) in [7, 11) is 1.83. The monoisotopic (exact) mass is 442 g/mol. The van der Waals surface area contributed by atoms with E-state index in [4.69, 9.17) is 4.74 Å². The van der Waals surface area contributed by atoms with Crippen LogP contribution in [0.25, 0.3) is 11.0 Å². The van der Waals surface area contributed by atoms with Crippen molar-refractivity contribution in [2.24, 2.45) is 7.05 Å². The highest BCUT2D eigenvalue weighted by Crippen LogP contribution is 2.26. The fourth-order valence-corrected chi connectivity index (χ4v) is 5.15. The molecule has 0 saturated carbocycles. The smallest absolute Gasteiger partial charge is 0.329 e. The number of ketones is 1. The molecule has 0 aliphatic carbocycles. The summed E-state index contributed by atoms with van der Waals surface area (Å²) in [6.45, 7) is 4.67. The number of ether oxygens (including phenoxy) is 1. The number of aryl methyl sites for hydroxylation is 2. The minimum Gasteiger partial charge on any atom is -0.375 e. The Morgan fingerprint density at radius 3 is 2.72 bits per heavy atom. The number of nitrogens with one attached hydrogen (secondary N) is 2. The van der Waals surface area contributed by atoms with Crippen LogP contribution in [0.1, 0.15) is 50.6 Å². The molecule has 2 fully saturated rings. The van der Waals surface area contributed by atoms with E-state index < -0.39 is 11.8 Å². The Morgan fingerprint density at radius 1 is 1.25 bits per heavy atom. The number of imidazole rings is 1. The minimum absolute atomic E-state index is 0.0423. The predicted octanol–water partition coefficient (Wildman–Crippen LogP) is 1.49. The SMILES string of the molecule is C[C@@H](CCc1cccc2c1n(C)c(=O)n2C1CCC(C(=O)C=O)NC1)OC1CCNCC1. The van der Waals surface area contributed by atoms with Gasteiger partial charge in [-0.15, -0.1) is 0 Å². The van der Waals surface area contributed by atoms with Gasteiger partial charge < -0.3 is 15.4 Å². The van der Waals surface area contributed by atoms with Crippen molar-refractivity contribution in [1.82, 2.24) is 19.8 Å². The van der Waals surface area contributed by atoms with Crippen LogP contribution in [0.3, 0.4) is 0 Å². The molecule has 8 heteroatoms. The van der Waals surface area contributed by atoms with Crippen LogP contribution in [0.5, 0.6) is 0 Å². The summed E-state index contributed by atoms with van der Waals surface area (Å²) in [6, 6.07) is 5.63. The molecule has 0 bridgehead atoms. The highest BCUT2D eigenvalue weighted by Gasteiger charge is 2.29. The van der Waals surface area contributed by atoms with Gasteiger partial charge in [0.25, 0.3) is 0 Å². The van der Waals surface area contributed by atoms with Gasteiger partial charge in [-0.25, -0.2) is 4.79 Å². The number of aromatic nitrogens is 2. The third-order valence-electron chi connectivity index (χ3n) is 6.93. The summed E-state index contributed by atoms with van der Waals surface area (Å²) < 4.78 is 9.83. The van der Waals surface area contributed by atoms with Crippen molar-refractivity contribution >= 4 is 23.1 Å². The van der Waals surface area contributed by atoms with Crippen molar-refractivity contribution in [3.05, 3.63) is 34.2 Å². The lowest BCUT2D eigenvalue weighted by molar-refractivity contribution is -0.131. The molecule has 1 aromatic carbocycles. The molecule has 2 saturated heterocycles. The Hall–Kier alpha value is -2.29. The van der Waals surface area contributed by atoms with Gasteiger partial charge in [-0.1, -0.05) is 12.1 Å². The predicted molar refractivity (Wildman–Crippen MR) is 123 cm³/mol. The van der Waals surface area contributed by atoms with E-state index in [0.717, 1.165) is 55.4 Å². The lowest BCUT2D eigenvalue weighted by atomic mass is 9.97. The van der Waals surface area contributed by atoms with Gasteiger partial charge in [-0.3, -0.25) is 18.7 Å². The van der Waals surface area contributed by atoms with Gasteiger partial charge in [-0.2, -0.15) is 0 Å². The minimum atomic E-state index is -0.438. The normalized spacial score (nSPS) is 23.3. The number of aldehydes is 1. The second-order valence-corrected chi connectivity index (χ2v) is 9.14. The maximum Gasteiger partial charge on any atom is 0.329 e. The number of carbonyl (C=O) groups excluding carboxylic acids is 2. The molecular formula is C24H34N4O4. The molecule has 0 radical (unpaired) electrons. The standard InChI is InChI=1S/C24H34N4O4/c1-16(32-19-10-12-25-13-11-19)6-7-17-4-3-5-21-23(17)27(2)24(31)28(21)18-8-9-20(26-14-18)22(30)15-29/h3-5,15-16,18-20,25-26H,6-14H2,1-2H3/t16-,18?,20?/m0/s1. The van der Waals surface area contributed by atoms with Crippen LogP contribution < -0.4 is 16.3 Å². The van der Waals surface area contributed by atoms with Crippen molar-refractivity contribution in [1.29, 1.82) is 0 Å². The average molecular weight is 443 g/mol. The summed E-state index contributed by atoms with van der Waals surface area (Å²) in [5.41, 5.74) is 3.00. The Labute approximate surface area is 188 Å². The van der Waals surface area contributed by atoms with Crippen LogP contribution >= 0.6 is 0 Å². The van der Waals surface area contributed by atoms with Crippen molar-refractivity contribution in [3.63, 3.8) is 0 Å². The van der Waals surface area contributed by atoms with Gasteiger partial charge in [-0.05, 0) is 70.2 Å². The molecule has 2 unspecified atom stereocenters. The van der Waals surface area contributed by atoms with E-state index in [1.54, 1.807) is 4.57 Å². The maximum absolute atomic E-state index is 13.2. The van der Waals surface area contributed by atoms with Crippen molar-refractivity contribution in [3.8, 4) is 0 Å². The molecule has 3 heterocycles. The van der Waals surface area contributed by atoms with Crippen LogP contribution in [-0.4, -0.2) is 59.1 Å². The molecule has 4 rings (SSSR count). The highest BCUT2D eigenvalue weighted by molar-refractivity contribution is 6.27. The second kappa shape index (κ2) is 10.1. The van der Waals surface area contributed by atoms with Crippen molar-refractivity contribution in [2.75, 3.05) is 19.6 Å². The first-order valence-corrected chi connectivity index (χ1v) is 11.8. The summed E-state index contributed by atoms with van der Waals surface area (Å²) in [5.74, 6) is -0.420. The van der Waals surface area contributed by atoms with E-state index >= 15 is 0 Å². The maximum atomic E-state index is 13.2. The third-order valence-corrected chi connectivity index (χ3v) is 6.93. The zero-order valence-electron chi connectivity index (χ0n) is 19.0. The topological polar surface area (TPSA) is 94.4 Å². The number of fused-ring (bicyclic) bond motifs is 1. The Morgan fingerprint density at radius 2 is 2.03 bits per heavy atom. The number of piperidine rings is 2. The molecular weight excluding hydrogens is 408 g/mol. The van der Waals surface area contributed by atoms with E-state index in [1.807, 2.05) is 23.7 Å². The Bertz CT molecular complexity index is 1010. The molecule has 2 aliphatic heterocycles. The number of Topliss-reactive ketones (excluding diaryl/α,β-unsaturated/α-hetero) is 1. The number of hydrogen-bond donors (Lipinski definition) is 2. The number of hydrogen-bond acceptors (Lipinski definition) is 6. The molecule has 0 spiro atoms. The largest absolute Gasteiger partial charge is 0.375 e. The quantitative estimate of drug-likeness (QED) is 0.475. The van der Waals surface area contributed by atoms with Crippen LogP contribution in [-0.2, 0) is 27.8 Å². The van der Waals surface area contributed by atoms with Gasteiger partial charge >= 0.3 is 5.69 Å². The van der Waals surface area contributed by atoms with Crippen LogP contribution in [0.15, 0.2) is 23.0 Å². The van der Waals surface area contributed by atoms with Gasteiger partial charge in [0.05, 0.1) is 35.3 Å². The van der Waals surface area contributed by atoms with Crippen LogP contribution in [0.2, 0.25) is 0 Å².